The Morgan fingerprint density at radius 1 is 1.50 bits per heavy atom. The minimum Gasteiger partial charge on any atom is -0.380 e. The second-order valence-electron chi connectivity index (χ2n) is 4.21. The molecule has 0 bridgehead atoms. The summed E-state index contributed by atoms with van der Waals surface area (Å²) in [6.45, 7) is 3.96. The van der Waals surface area contributed by atoms with Crippen molar-refractivity contribution in [2.75, 3.05) is 24.8 Å². The summed E-state index contributed by atoms with van der Waals surface area (Å²) in [5.74, 6) is 0. The minimum atomic E-state index is 0.486. The maximum absolute atomic E-state index is 5.36. The van der Waals surface area contributed by atoms with Crippen LogP contribution < -0.4 is 5.32 Å². The van der Waals surface area contributed by atoms with E-state index in [0.717, 1.165) is 19.6 Å². The number of nitrogens with one attached hydrogen (secondary N) is 1. The van der Waals surface area contributed by atoms with E-state index >= 15 is 0 Å². The lowest BCUT2D eigenvalue weighted by Gasteiger charge is -2.15. The molecule has 0 aromatic heterocycles. The Bertz CT molecular complexity index is 336. The zero-order valence-corrected chi connectivity index (χ0v) is 10.7. The molecule has 2 rings (SSSR count). The molecule has 1 heterocycles. The first-order valence-electron chi connectivity index (χ1n) is 5.76. The van der Waals surface area contributed by atoms with Crippen molar-refractivity contribution in [3.8, 4) is 0 Å². The Morgan fingerprint density at radius 3 is 3.06 bits per heavy atom. The van der Waals surface area contributed by atoms with Gasteiger partial charge in [-0.25, -0.2) is 0 Å². The zero-order chi connectivity index (χ0) is 11.4. The second-order valence-corrected chi connectivity index (χ2v) is 5.39. The first-order chi connectivity index (χ1) is 7.79. The topological polar surface area (TPSA) is 21.3 Å². The third kappa shape index (κ3) is 2.92. The Kier molecular flexibility index (Phi) is 4.13. The van der Waals surface area contributed by atoms with Crippen LogP contribution in [0.15, 0.2) is 24.3 Å². The average Bonchev–Trinajstić information content (AvgIpc) is 2.81. The molecule has 16 heavy (non-hydrogen) atoms. The van der Waals surface area contributed by atoms with E-state index in [4.69, 9.17) is 4.74 Å². The summed E-state index contributed by atoms with van der Waals surface area (Å²) in [6, 6.07) is 9.19. The molecule has 0 saturated carbocycles. The van der Waals surface area contributed by atoms with Crippen LogP contribution in [0.4, 0.5) is 5.69 Å². The number of benzene rings is 1. The van der Waals surface area contributed by atoms with Crippen molar-refractivity contribution in [1.29, 1.82) is 0 Å². The molecule has 2 nitrogen and oxygen atoms in total. The molecule has 0 spiro atoms. The van der Waals surface area contributed by atoms with Crippen LogP contribution in [0.5, 0.6) is 0 Å². The highest BCUT2D eigenvalue weighted by molar-refractivity contribution is 7.98. The van der Waals surface area contributed by atoms with Gasteiger partial charge >= 0.3 is 0 Å². The van der Waals surface area contributed by atoms with E-state index in [0.29, 0.717) is 11.3 Å². The van der Waals surface area contributed by atoms with Crippen LogP contribution in [0.3, 0.4) is 0 Å². The van der Waals surface area contributed by atoms with Crippen LogP contribution in [0, 0.1) is 0 Å². The van der Waals surface area contributed by atoms with Crippen molar-refractivity contribution in [3.63, 3.8) is 0 Å². The summed E-state index contributed by atoms with van der Waals surface area (Å²) in [5, 5.41) is 4.08. The highest BCUT2D eigenvalue weighted by Gasteiger charge is 2.15. The van der Waals surface area contributed by atoms with Gasteiger partial charge in [0.1, 0.15) is 0 Å². The summed E-state index contributed by atoms with van der Waals surface area (Å²) in [5.41, 5.74) is 2.60. The van der Waals surface area contributed by atoms with Crippen molar-refractivity contribution in [2.24, 2.45) is 0 Å². The largest absolute Gasteiger partial charge is 0.380 e. The number of hydrogen-bond acceptors (Lipinski definition) is 3. The number of hydrogen-bond donors (Lipinski definition) is 1. The molecule has 0 unspecified atom stereocenters. The van der Waals surface area contributed by atoms with Crippen LogP contribution in [0.25, 0.3) is 0 Å². The van der Waals surface area contributed by atoms with E-state index < -0.39 is 0 Å². The number of rotatable bonds is 4. The van der Waals surface area contributed by atoms with Crippen molar-refractivity contribution < 1.29 is 4.74 Å². The van der Waals surface area contributed by atoms with E-state index in [1.165, 1.54) is 11.3 Å². The molecule has 3 heteroatoms. The number of ether oxygens (including phenoxy) is 1. The van der Waals surface area contributed by atoms with Crippen LogP contribution >= 0.6 is 11.8 Å². The Balaban J connectivity index is 2.03. The third-order valence-electron chi connectivity index (χ3n) is 3.01. The summed E-state index contributed by atoms with van der Waals surface area (Å²) in [7, 11) is 0. The number of anilines is 1. The molecular formula is C13H19NOS. The maximum Gasteiger partial charge on any atom is 0.0668 e. The summed E-state index contributed by atoms with van der Waals surface area (Å²) < 4.78 is 5.36. The van der Waals surface area contributed by atoms with E-state index in [1.54, 1.807) is 0 Å². The van der Waals surface area contributed by atoms with Crippen molar-refractivity contribution >= 4 is 17.4 Å². The van der Waals surface area contributed by atoms with Gasteiger partial charge < -0.3 is 10.1 Å². The molecule has 0 amide bonds. The molecule has 1 saturated heterocycles. The van der Waals surface area contributed by atoms with Gasteiger partial charge in [-0.15, -0.1) is 0 Å². The lowest BCUT2D eigenvalue weighted by molar-refractivity contribution is 0.195. The van der Waals surface area contributed by atoms with E-state index in [1.807, 2.05) is 11.8 Å². The lowest BCUT2D eigenvalue weighted by Crippen LogP contribution is -2.18. The fourth-order valence-corrected chi connectivity index (χ4v) is 2.32. The van der Waals surface area contributed by atoms with Crippen LogP contribution in [-0.2, 0) is 4.74 Å². The summed E-state index contributed by atoms with van der Waals surface area (Å²) in [6.07, 6.45) is 3.26. The molecule has 1 fully saturated rings. The van der Waals surface area contributed by atoms with Gasteiger partial charge in [-0.2, -0.15) is 11.8 Å². The third-order valence-corrected chi connectivity index (χ3v) is 3.99. The van der Waals surface area contributed by atoms with E-state index in [-0.39, 0.29) is 0 Å². The summed E-state index contributed by atoms with van der Waals surface area (Å²) in [4.78, 5) is 0. The Morgan fingerprint density at radius 2 is 2.38 bits per heavy atom. The summed E-state index contributed by atoms with van der Waals surface area (Å²) >= 11 is 1.88. The number of thioether (sulfide) groups is 1. The Labute approximate surface area is 102 Å². The lowest BCUT2D eigenvalue weighted by atomic mass is 10.1. The molecular weight excluding hydrogens is 218 g/mol. The van der Waals surface area contributed by atoms with Gasteiger partial charge in [0.15, 0.2) is 0 Å². The predicted molar refractivity (Wildman–Crippen MR) is 71.2 cm³/mol. The van der Waals surface area contributed by atoms with Gasteiger partial charge in [0.2, 0.25) is 0 Å². The average molecular weight is 237 g/mol. The van der Waals surface area contributed by atoms with Gasteiger partial charge in [-0.1, -0.05) is 12.1 Å². The molecule has 1 aromatic carbocycles. The zero-order valence-electron chi connectivity index (χ0n) is 9.90. The fourth-order valence-electron chi connectivity index (χ4n) is 1.90. The van der Waals surface area contributed by atoms with Crippen LogP contribution in [0.1, 0.15) is 24.2 Å². The van der Waals surface area contributed by atoms with Crippen LogP contribution in [-0.4, -0.2) is 25.5 Å². The van der Waals surface area contributed by atoms with Gasteiger partial charge in [-0.05, 0) is 37.3 Å². The molecule has 1 aromatic rings. The second kappa shape index (κ2) is 5.60. The maximum atomic E-state index is 5.36. The normalized spacial score (nSPS) is 22.0. The van der Waals surface area contributed by atoms with E-state index in [2.05, 4.69) is 42.8 Å². The first-order valence-corrected chi connectivity index (χ1v) is 7.05. The minimum absolute atomic E-state index is 0.486. The highest BCUT2D eigenvalue weighted by Crippen LogP contribution is 2.27. The van der Waals surface area contributed by atoms with Crippen molar-refractivity contribution in [1.82, 2.24) is 0 Å². The van der Waals surface area contributed by atoms with Gasteiger partial charge in [0.05, 0.1) is 12.6 Å². The molecule has 0 aliphatic carbocycles. The Hall–Kier alpha value is -0.670. The van der Waals surface area contributed by atoms with Gasteiger partial charge in [-0.3, -0.25) is 0 Å². The fraction of sp³-hybridized carbons (Fsp3) is 0.538. The quantitative estimate of drug-likeness (QED) is 0.868. The van der Waals surface area contributed by atoms with Crippen LogP contribution in [0.2, 0.25) is 0 Å². The van der Waals surface area contributed by atoms with Gasteiger partial charge in [0.25, 0.3) is 0 Å². The molecule has 2 atom stereocenters. The van der Waals surface area contributed by atoms with Gasteiger partial charge in [0, 0.05) is 17.5 Å². The molecule has 0 radical (unpaired) electrons. The smallest absolute Gasteiger partial charge is 0.0668 e. The first kappa shape index (κ1) is 11.8. The van der Waals surface area contributed by atoms with Crippen molar-refractivity contribution in [3.05, 3.63) is 29.8 Å². The highest BCUT2D eigenvalue weighted by atomic mass is 32.2. The molecule has 1 aliphatic rings. The SMILES string of the molecule is CS[C@@H](C)c1cccc(N[C@@H]2CCOC2)c1. The molecule has 1 aliphatic heterocycles. The standard InChI is InChI=1S/C13H19NOS/c1-10(16-2)11-4-3-5-12(8-11)14-13-6-7-15-9-13/h3-5,8,10,13-14H,6-7,9H2,1-2H3/t10-,13+/m0/s1. The molecule has 88 valence electrons. The van der Waals surface area contributed by atoms with Crippen molar-refractivity contribution in [2.45, 2.75) is 24.6 Å². The monoisotopic (exact) mass is 237 g/mol. The molecule has 1 N–H and O–H groups in total. The van der Waals surface area contributed by atoms with E-state index in [9.17, 15) is 0 Å². The predicted octanol–water partition coefficient (Wildman–Crippen LogP) is 3.31.